The van der Waals surface area contributed by atoms with Gasteiger partial charge in [-0.1, -0.05) is 18.5 Å². The van der Waals surface area contributed by atoms with Gasteiger partial charge in [0.15, 0.2) is 5.78 Å². The number of hydrogen-bond donors (Lipinski definition) is 0. The number of carbonyl (C=O) groups excluding carboxylic acids is 1. The normalized spacial score (nSPS) is 15.9. The van der Waals surface area contributed by atoms with Crippen LogP contribution in [0.3, 0.4) is 0 Å². The van der Waals surface area contributed by atoms with Crippen molar-refractivity contribution in [3.8, 4) is 5.75 Å². The highest BCUT2D eigenvalue weighted by atomic mass is 35.5. The summed E-state index contributed by atoms with van der Waals surface area (Å²) < 4.78 is 11.0. The molecule has 1 saturated heterocycles. The average Bonchev–Trinajstić information content (AvgIpc) is 2.48. The van der Waals surface area contributed by atoms with Crippen LogP contribution in [0.15, 0.2) is 18.2 Å². The van der Waals surface area contributed by atoms with Crippen LogP contribution in [0.2, 0.25) is 5.02 Å². The minimum atomic E-state index is 0.0855. The number of halogens is 1. The second-order valence-electron chi connectivity index (χ2n) is 5.12. The molecule has 0 unspecified atom stereocenters. The van der Waals surface area contributed by atoms with Crippen LogP contribution < -0.4 is 4.74 Å². The summed E-state index contributed by atoms with van der Waals surface area (Å²) in [6.45, 7) is 6.95. The van der Waals surface area contributed by atoms with Gasteiger partial charge in [0.05, 0.1) is 18.2 Å². The molecule has 0 amide bonds. The predicted octanol–water partition coefficient (Wildman–Crippen LogP) is 3.03. The van der Waals surface area contributed by atoms with Gasteiger partial charge < -0.3 is 9.47 Å². The maximum atomic E-state index is 11.9. The molecule has 21 heavy (non-hydrogen) atoms. The highest BCUT2D eigenvalue weighted by Crippen LogP contribution is 2.24. The van der Waals surface area contributed by atoms with Crippen molar-refractivity contribution in [2.45, 2.75) is 19.8 Å². The minimum Gasteiger partial charge on any atom is -0.492 e. The van der Waals surface area contributed by atoms with E-state index >= 15 is 0 Å². The molecule has 0 saturated carbocycles. The van der Waals surface area contributed by atoms with Gasteiger partial charge in [0.1, 0.15) is 12.4 Å². The summed E-state index contributed by atoms with van der Waals surface area (Å²) >= 11 is 6.16. The fourth-order valence-corrected chi connectivity index (χ4v) is 2.57. The van der Waals surface area contributed by atoms with Gasteiger partial charge >= 0.3 is 0 Å². The number of Topliss-reactive ketones (excluding diaryl/α,β-unsaturated/α-hetero) is 1. The van der Waals surface area contributed by atoms with E-state index in [2.05, 4.69) is 4.90 Å². The van der Waals surface area contributed by atoms with E-state index in [1.165, 1.54) is 0 Å². The second-order valence-corrected chi connectivity index (χ2v) is 5.52. The minimum absolute atomic E-state index is 0.0855. The summed E-state index contributed by atoms with van der Waals surface area (Å²) in [4.78, 5) is 14.2. The van der Waals surface area contributed by atoms with Crippen LogP contribution >= 0.6 is 11.6 Å². The Bertz CT molecular complexity index is 473. The summed E-state index contributed by atoms with van der Waals surface area (Å²) in [5.74, 6) is 0.795. The molecule has 2 rings (SSSR count). The fourth-order valence-electron chi connectivity index (χ4n) is 2.29. The molecule has 1 aromatic carbocycles. The van der Waals surface area contributed by atoms with Crippen LogP contribution in [0, 0.1) is 0 Å². The molecule has 1 aromatic rings. The Kier molecular flexibility index (Phi) is 6.49. The first-order valence-corrected chi connectivity index (χ1v) is 7.84. The van der Waals surface area contributed by atoms with Crippen molar-refractivity contribution in [1.82, 2.24) is 4.90 Å². The van der Waals surface area contributed by atoms with Gasteiger partial charge in [0.25, 0.3) is 0 Å². The number of ketones is 1. The van der Waals surface area contributed by atoms with Gasteiger partial charge in [0, 0.05) is 31.6 Å². The van der Waals surface area contributed by atoms with E-state index in [9.17, 15) is 4.79 Å². The van der Waals surface area contributed by atoms with E-state index in [-0.39, 0.29) is 5.78 Å². The second kappa shape index (κ2) is 8.37. The number of hydrogen-bond acceptors (Lipinski definition) is 4. The van der Waals surface area contributed by atoms with Gasteiger partial charge in [-0.3, -0.25) is 9.69 Å². The monoisotopic (exact) mass is 311 g/mol. The summed E-state index contributed by atoms with van der Waals surface area (Å²) in [5.41, 5.74) is 0.582. The number of morpholine rings is 1. The third-order valence-electron chi connectivity index (χ3n) is 3.50. The summed E-state index contributed by atoms with van der Waals surface area (Å²) in [6.07, 6.45) is 1.35. The number of carbonyl (C=O) groups is 1. The molecule has 1 aliphatic rings. The maximum Gasteiger partial charge on any atom is 0.164 e. The summed E-state index contributed by atoms with van der Waals surface area (Å²) in [6, 6.07) is 5.29. The predicted molar refractivity (Wildman–Crippen MR) is 83.4 cm³/mol. The number of benzene rings is 1. The highest BCUT2D eigenvalue weighted by Gasteiger charge is 2.12. The van der Waals surface area contributed by atoms with Crippen molar-refractivity contribution in [3.63, 3.8) is 0 Å². The van der Waals surface area contributed by atoms with Crippen molar-refractivity contribution in [2.24, 2.45) is 0 Å². The van der Waals surface area contributed by atoms with Gasteiger partial charge in [-0.15, -0.1) is 0 Å². The molecule has 0 bridgehead atoms. The molecule has 0 spiro atoms. The molecule has 0 radical (unpaired) electrons. The van der Waals surface area contributed by atoms with Gasteiger partial charge in [-0.2, -0.15) is 0 Å². The lowest BCUT2D eigenvalue weighted by atomic mass is 10.1. The first kappa shape index (κ1) is 16.3. The fraction of sp³-hybridized carbons (Fsp3) is 0.562. The Labute approximate surface area is 131 Å². The molecule has 1 fully saturated rings. The van der Waals surface area contributed by atoms with Crippen LogP contribution in [-0.2, 0) is 4.74 Å². The molecular formula is C16H22ClNO3. The molecular weight excluding hydrogens is 290 g/mol. The molecule has 0 N–H and O–H groups in total. The van der Waals surface area contributed by atoms with Crippen molar-refractivity contribution >= 4 is 17.4 Å². The lowest BCUT2D eigenvalue weighted by Crippen LogP contribution is -2.38. The third kappa shape index (κ3) is 4.99. The first-order chi connectivity index (χ1) is 10.2. The Balaban J connectivity index is 1.83. The molecule has 1 heterocycles. The molecule has 0 aromatic heterocycles. The summed E-state index contributed by atoms with van der Waals surface area (Å²) in [7, 11) is 0. The van der Waals surface area contributed by atoms with Crippen molar-refractivity contribution in [1.29, 1.82) is 0 Å². The van der Waals surface area contributed by atoms with Crippen LogP contribution in [0.4, 0.5) is 0 Å². The lowest BCUT2D eigenvalue weighted by molar-refractivity contribution is 0.0322. The van der Waals surface area contributed by atoms with Gasteiger partial charge in [-0.25, -0.2) is 0 Å². The topological polar surface area (TPSA) is 38.8 Å². The SMILES string of the molecule is CCCC(=O)c1ccc(OCCN2CCOCC2)cc1Cl. The Morgan fingerprint density at radius 1 is 1.38 bits per heavy atom. The van der Waals surface area contributed by atoms with E-state index < -0.39 is 0 Å². The van der Waals surface area contributed by atoms with E-state index in [0.717, 1.165) is 39.3 Å². The zero-order chi connectivity index (χ0) is 15.1. The standard InChI is InChI=1S/C16H22ClNO3/c1-2-3-16(19)14-5-4-13(12-15(14)17)21-11-8-18-6-9-20-10-7-18/h4-5,12H,2-3,6-11H2,1H3. The van der Waals surface area contributed by atoms with Crippen molar-refractivity contribution in [3.05, 3.63) is 28.8 Å². The zero-order valence-corrected chi connectivity index (χ0v) is 13.2. The molecule has 116 valence electrons. The van der Waals surface area contributed by atoms with Crippen molar-refractivity contribution < 1.29 is 14.3 Å². The molecule has 0 aliphatic carbocycles. The molecule has 4 nitrogen and oxygen atoms in total. The Hall–Kier alpha value is -1.10. The van der Waals surface area contributed by atoms with E-state index in [0.29, 0.717) is 29.4 Å². The third-order valence-corrected chi connectivity index (χ3v) is 3.81. The largest absolute Gasteiger partial charge is 0.492 e. The molecule has 0 atom stereocenters. The van der Waals surface area contributed by atoms with E-state index in [1.54, 1.807) is 12.1 Å². The first-order valence-electron chi connectivity index (χ1n) is 7.46. The smallest absolute Gasteiger partial charge is 0.164 e. The molecule has 5 heteroatoms. The maximum absolute atomic E-state index is 11.9. The van der Waals surface area contributed by atoms with Crippen LogP contribution in [-0.4, -0.2) is 50.1 Å². The van der Waals surface area contributed by atoms with Gasteiger partial charge in [-0.05, 0) is 24.6 Å². The van der Waals surface area contributed by atoms with E-state index in [4.69, 9.17) is 21.1 Å². The number of rotatable bonds is 7. The quantitative estimate of drug-likeness (QED) is 0.726. The molecule has 1 aliphatic heterocycles. The van der Waals surface area contributed by atoms with Gasteiger partial charge in [0.2, 0.25) is 0 Å². The van der Waals surface area contributed by atoms with Crippen LogP contribution in [0.1, 0.15) is 30.1 Å². The van der Waals surface area contributed by atoms with Crippen LogP contribution in [0.5, 0.6) is 5.75 Å². The Morgan fingerprint density at radius 2 is 2.14 bits per heavy atom. The van der Waals surface area contributed by atoms with E-state index in [1.807, 2.05) is 13.0 Å². The van der Waals surface area contributed by atoms with Crippen molar-refractivity contribution in [2.75, 3.05) is 39.5 Å². The summed E-state index contributed by atoms with van der Waals surface area (Å²) in [5, 5.41) is 0.470. The zero-order valence-electron chi connectivity index (χ0n) is 12.4. The van der Waals surface area contributed by atoms with Crippen LogP contribution in [0.25, 0.3) is 0 Å². The average molecular weight is 312 g/mol. The highest BCUT2D eigenvalue weighted by molar-refractivity contribution is 6.34. The lowest BCUT2D eigenvalue weighted by Gasteiger charge is -2.26. The Morgan fingerprint density at radius 3 is 2.81 bits per heavy atom. The number of nitrogens with zero attached hydrogens (tertiary/aromatic N) is 1. The number of ether oxygens (including phenoxy) is 2.